The van der Waals surface area contributed by atoms with Gasteiger partial charge in [0.25, 0.3) is 0 Å². The van der Waals surface area contributed by atoms with Gasteiger partial charge in [-0.25, -0.2) is 13.1 Å². The lowest BCUT2D eigenvalue weighted by Gasteiger charge is -2.51. The molecular formula is C28H39N3O3S. The second-order valence-corrected chi connectivity index (χ2v) is 12.4. The van der Waals surface area contributed by atoms with Crippen LogP contribution in [-0.4, -0.2) is 70.6 Å². The van der Waals surface area contributed by atoms with Crippen LogP contribution in [0.5, 0.6) is 5.75 Å². The van der Waals surface area contributed by atoms with Crippen molar-refractivity contribution < 1.29 is 13.2 Å². The van der Waals surface area contributed by atoms with E-state index in [2.05, 4.69) is 44.9 Å². The van der Waals surface area contributed by atoms with E-state index in [0.717, 1.165) is 25.4 Å². The summed E-state index contributed by atoms with van der Waals surface area (Å²) in [6.45, 7) is 6.31. The highest BCUT2D eigenvalue weighted by molar-refractivity contribution is 7.89. The monoisotopic (exact) mass is 497 g/mol. The quantitative estimate of drug-likeness (QED) is 0.573. The second kappa shape index (κ2) is 11.0. The van der Waals surface area contributed by atoms with Gasteiger partial charge in [-0.3, -0.25) is 4.90 Å². The van der Waals surface area contributed by atoms with Crippen molar-refractivity contribution in [3.8, 4) is 5.75 Å². The van der Waals surface area contributed by atoms with Crippen LogP contribution < -0.4 is 9.46 Å². The van der Waals surface area contributed by atoms with E-state index in [-0.39, 0.29) is 0 Å². The molecule has 4 atom stereocenters. The Balaban J connectivity index is 1.08. The summed E-state index contributed by atoms with van der Waals surface area (Å²) in [6.07, 6.45) is 6.15. The van der Waals surface area contributed by atoms with Crippen molar-refractivity contribution in [2.75, 3.05) is 46.4 Å². The highest BCUT2D eigenvalue weighted by atomic mass is 32.2. The predicted octanol–water partition coefficient (Wildman–Crippen LogP) is 3.64. The first-order chi connectivity index (χ1) is 17.0. The van der Waals surface area contributed by atoms with Gasteiger partial charge in [0.05, 0.1) is 12.0 Å². The topological polar surface area (TPSA) is 61.9 Å². The van der Waals surface area contributed by atoms with E-state index in [1.54, 1.807) is 31.4 Å². The number of benzene rings is 2. The summed E-state index contributed by atoms with van der Waals surface area (Å²) in [5, 5.41) is 0. The van der Waals surface area contributed by atoms with Gasteiger partial charge >= 0.3 is 0 Å². The zero-order valence-corrected chi connectivity index (χ0v) is 21.6. The molecule has 2 aromatic carbocycles. The molecule has 0 saturated carbocycles. The van der Waals surface area contributed by atoms with Crippen LogP contribution >= 0.6 is 0 Å². The molecule has 35 heavy (non-hydrogen) atoms. The first-order valence-corrected chi connectivity index (χ1v) is 14.6. The Morgan fingerprint density at radius 1 is 0.971 bits per heavy atom. The third-order valence-electron chi connectivity index (χ3n) is 8.46. The summed E-state index contributed by atoms with van der Waals surface area (Å²) in [4.78, 5) is 5.52. The molecule has 0 aromatic heterocycles. The first kappa shape index (κ1) is 24.8. The average molecular weight is 498 g/mol. The Hall–Kier alpha value is -1.93. The minimum atomic E-state index is -3.51. The van der Waals surface area contributed by atoms with Gasteiger partial charge in [0.2, 0.25) is 10.0 Å². The van der Waals surface area contributed by atoms with Crippen molar-refractivity contribution in [1.82, 2.24) is 14.5 Å². The molecular weight excluding hydrogens is 458 g/mol. The van der Waals surface area contributed by atoms with Crippen molar-refractivity contribution in [3.05, 3.63) is 60.2 Å². The highest BCUT2D eigenvalue weighted by Gasteiger charge is 2.41. The van der Waals surface area contributed by atoms with Crippen LogP contribution in [0.15, 0.2) is 59.5 Å². The molecule has 4 aliphatic heterocycles. The summed E-state index contributed by atoms with van der Waals surface area (Å²) in [6, 6.07) is 17.8. The standard InChI is InChI=1S/C28H39N3O3S/c1-34-27-7-9-28(10-8-27)35(32,33)29-19-26-18-24-13-16-31(26)21-25(24)20-30-14-11-23(12-15-30)17-22-5-3-2-4-6-22/h2-10,23-26,29H,11-21H2,1H3/t24-,25-,26+/m0/s1. The minimum absolute atomic E-state index is 0.294. The number of sulfonamides is 1. The van der Waals surface area contributed by atoms with E-state index in [4.69, 9.17) is 4.74 Å². The largest absolute Gasteiger partial charge is 0.497 e. The minimum Gasteiger partial charge on any atom is -0.497 e. The molecule has 4 saturated heterocycles. The van der Waals surface area contributed by atoms with Gasteiger partial charge in [-0.05, 0) is 99.3 Å². The fourth-order valence-electron chi connectivity index (χ4n) is 6.36. The van der Waals surface area contributed by atoms with Crippen molar-refractivity contribution >= 4 is 10.0 Å². The van der Waals surface area contributed by atoms with Gasteiger partial charge < -0.3 is 9.64 Å². The molecule has 190 valence electrons. The van der Waals surface area contributed by atoms with Gasteiger partial charge in [-0.1, -0.05) is 30.3 Å². The molecule has 0 amide bonds. The van der Waals surface area contributed by atoms with Crippen LogP contribution in [0.2, 0.25) is 0 Å². The zero-order chi connectivity index (χ0) is 24.3. The first-order valence-electron chi connectivity index (χ1n) is 13.1. The lowest BCUT2D eigenvalue weighted by Crippen LogP contribution is -2.58. The van der Waals surface area contributed by atoms with Gasteiger partial charge in [0.1, 0.15) is 5.75 Å². The van der Waals surface area contributed by atoms with E-state index < -0.39 is 10.0 Å². The summed E-state index contributed by atoms with van der Waals surface area (Å²) in [5.41, 5.74) is 1.47. The third-order valence-corrected chi connectivity index (χ3v) is 9.90. The lowest BCUT2D eigenvalue weighted by atomic mass is 9.75. The molecule has 4 fully saturated rings. The molecule has 6 nitrogen and oxygen atoms in total. The second-order valence-electron chi connectivity index (χ2n) is 10.7. The molecule has 2 aromatic rings. The van der Waals surface area contributed by atoms with E-state index in [1.807, 2.05) is 0 Å². The number of nitrogens with zero attached hydrogens (tertiary/aromatic N) is 2. The van der Waals surface area contributed by atoms with Crippen molar-refractivity contribution in [3.63, 3.8) is 0 Å². The molecule has 1 unspecified atom stereocenters. The molecule has 6 rings (SSSR count). The number of hydrogen-bond acceptors (Lipinski definition) is 5. The summed E-state index contributed by atoms with van der Waals surface area (Å²) in [7, 11) is -1.93. The number of fused-ring (bicyclic) bond motifs is 3. The van der Waals surface area contributed by atoms with E-state index >= 15 is 0 Å². The Kier molecular flexibility index (Phi) is 7.77. The Bertz CT molecular complexity index is 1050. The maximum absolute atomic E-state index is 12.8. The molecule has 0 spiro atoms. The van der Waals surface area contributed by atoms with Crippen molar-refractivity contribution in [1.29, 1.82) is 0 Å². The molecule has 1 N–H and O–H groups in total. The van der Waals surface area contributed by atoms with E-state index in [9.17, 15) is 8.42 Å². The SMILES string of the molecule is COc1ccc(S(=O)(=O)NC[C@H]2C[C@@H]3CCN2C[C@@H]3CN2CCC(Cc3ccccc3)CC2)cc1. The Labute approximate surface area is 210 Å². The number of methoxy groups -OCH3 is 1. The third kappa shape index (κ3) is 6.08. The number of hydrogen-bond donors (Lipinski definition) is 1. The molecule has 4 aliphatic rings. The van der Waals surface area contributed by atoms with Crippen LogP contribution in [0.3, 0.4) is 0 Å². The molecule has 7 heteroatoms. The number of rotatable bonds is 9. The highest BCUT2D eigenvalue weighted by Crippen LogP contribution is 2.37. The van der Waals surface area contributed by atoms with Gasteiger partial charge in [0, 0.05) is 25.7 Å². The number of likely N-dealkylation sites (tertiary alicyclic amines) is 1. The zero-order valence-electron chi connectivity index (χ0n) is 20.8. The van der Waals surface area contributed by atoms with Crippen LogP contribution in [-0.2, 0) is 16.4 Å². The Morgan fingerprint density at radius 3 is 2.37 bits per heavy atom. The lowest BCUT2D eigenvalue weighted by molar-refractivity contribution is -0.0139. The summed E-state index contributed by atoms with van der Waals surface area (Å²) >= 11 is 0. The van der Waals surface area contributed by atoms with Crippen LogP contribution in [0.4, 0.5) is 0 Å². The predicted molar refractivity (Wildman–Crippen MR) is 139 cm³/mol. The average Bonchev–Trinajstić information content (AvgIpc) is 2.90. The number of ether oxygens (including phenoxy) is 1. The molecule has 4 heterocycles. The fourth-order valence-corrected chi connectivity index (χ4v) is 7.44. The fraction of sp³-hybridized carbons (Fsp3) is 0.571. The summed E-state index contributed by atoms with van der Waals surface area (Å²) < 4.78 is 33.6. The summed E-state index contributed by atoms with van der Waals surface area (Å²) in [5.74, 6) is 2.89. The number of nitrogens with one attached hydrogen (secondary N) is 1. The van der Waals surface area contributed by atoms with Gasteiger partial charge in [0.15, 0.2) is 0 Å². The van der Waals surface area contributed by atoms with Crippen molar-refractivity contribution in [2.45, 2.75) is 43.0 Å². The maximum atomic E-state index is 12.8. The Morgan fingerprint density at radius 2 is 1.71 bits per heavy atom. The van der Waals surface area contributed by atoms with Crippen LogP contribution in [0.1, 0.15) is 31.2 Å². The molecule has 0 radical (unpaired) electrons. The van der Waals surface area contributed by atoms with Gasteiger partial charge in [-0.2, -0.15) is 0 Å². The number of piperidine rings is 4. The van der Waals surface area contributed by atoms with E-state index in [0.29, 0.717) is 35.1 Å². The maximum Gasteiger partial charge on any atom is 0.240 e. The smallest absolute Gasteiger partial charge is 0.240 e. The van der Waals surface area contributed by atoms with E-state index in [1.165, 1.54) is 50.9 Å². The molecule has 0 aliphatic carbocycles. The van der Waals surface area contributed by atoms with Crippen molar-refractivity contribution in [2.24, 2.45) is 17.8 Å². The van der Waals surface area contributed by atoms with Crippen LogP contribution in [0, 0.1) is 17.8 Å². The van der Waals surface area contributed by atoms with Gasteiger partial charge in [-0.15, -0.1) is 0 Å². The normalized spacial score (nSPS) is 27.7. The van der Waals surface area contributed by atoms with Crippen LogP contribution in [0.25, 0.3) is 0 Å². The molecule has 2 bridgehead atoms.